The molecule has 7 heteroatoms. The van der Waals surface area contributed by atoms with Crippen molar-refractivity contribution in [3.63, 3.8) is 0 Å². The van der Waals surface area contributed by atoms with Crippen molar-refractivity contribution < 1.29 is 18.7 Å². The molecule has 3 rings (SSSR count). The number of morpholine rings is 1. The van der Waals surface area contributed by atoms with Crippen LogP contribution in [0, 0.1) is 5.82 Å². The number of hydrogen-bond donors (Lipinski definition) is 2. The molecule has 6 nitrogen and oxygen atoms in total. The number of unbranched alkanes of at least 4 members (excludes halogenated alkanes) is 1. The lowest BCUT2D eigenvalue weighted by molar-refractivity contribution is -0.136. The quantitative estimate of drug-likeness (QED) is 0.555. The van der Waals surface area contributed by atoms with Gasteiger partial charge in [0.25, 0.3) is 0 Å². The maximum atomic E-state index is 13.1. The van der Waals surface area contributed by atoms with Gasteiger partial charge in [0, 0.05) is 25.3 Å². The normalized spacial score (nSPS) is 16.9. The smallest absolute Gasteiger partial charge is 0.313 e. The summed E-state index contributed by atoms with van der Waals surface area (Å²) < 4.78 is 19.0. The third-order valence-electron chi connectivity index (χ3n) is 4.80. The van der Waals surface area contributed by atoms with E-state index >= 15 is 0 Å². The highest BCUT2D eigenvalue weighted by Crippen LogP contribution is 2.21. The second kappa shape index (κ2) is 10.7. The number of benzene rings is 2. The van der Waals surface area contributed by atoms with Crippen LogP contribution in [-0.4, -0.2) is 49.5 Å². The summed E-state index contributed by atoms with van der Waals surface area (Å²) in [5.74, 6) is -1.99. The summed E-state index contributed by atoms with van der Waals surface area (Å²) in [7, 11) is 0. The Hall–Kier alpha value is -2.77. The number of amides is 2. The molecule has 29 heavy (non-hydrogen) atoms. The first-order chi connectivity index (χ1) is 14.1. The standard InChI is InChI=1S/C22H26FN3O3/c23-18-9-6-10-19(15-18)25-22(28)21(27)24-11-4-5-12-26-13-14-29-20(16-26)17-7-2-1-3-8-17/h1-3,6-10,15,20H,4-5,11-14,16H2,(H,24,27)(H,25,28). The van der Waals surface area contributed by atoms with Crippen LogP contribution < -0.4 is 10.6 Å². The Kier molecular flexibility index (Phi) is 7.72. The Morgan fingerprint density at radius 3 is 2.69 bits per heavy atom. The maximum Gasteiger partial charge on any atom is 0.313 e. The van der Waals surface area contributed by atoms with E-state index in [1.54, 1.807) is 0 Å². The zero-order chi connectivity index (χ0) is 20.5. The van der Waals surface area contributed by atoms with Crippen molar-refractivity contribution >= 4 is 17.5 Å². The van der Waals surface area contributed by atoms with Crippen LogP contribution in [0.4, 0.5) is 10.1 Å². The molecule has 0 aromatic heterocycles. The number of hydrogen-bond acceptors (Lipinski definition) is 4. The average molecular weight is 399 g/mol. The van der Waals surface area contributed by atoms with Crippen molar-refractivity contribution in [2.45, 2.75) is 18.9 Å². The molecule has 2 aromatic rings. The van der Waals surface area contributed by atoms with Gasteiger partial charge >= 0.3 is 11.8 Å². The molecule has 1 aliphatic heterocycles. The number of rotatable bonds is 7. The number of nitrogens with one attached hydrogen (secondary N) is 2. The number of halogens is 1. The van der Waals surface area contributed by atoms with Crippen molar-refractivity contribution in [3.05, 3.63) is 66.0 Å². The van der Waals surface area contributed by atoms with Gasteiger partial charge in [-0.05, 0) is 43.1 Å². The molecule has 1 heterocycles. The summed E-state index contributed by atoms with van der Waals surface area (Å²) in [4.78, 5) is 26.1. The summed E-state index contributed by atoms with van der Waals surface area (Å²) >= 11 is 0. The SMILES string of the molecule is O=C(NCCCCN1CCOC(c2ccccc2)C1)C(=O)Nc1cccc(F)c1. The number of carbonyl (C=O) groups is 2. The molecule has 2 amide bonds. The van der Waals surface area contributed by atoms with Crippen LogP contribution in [0.1, 0.15) is 24.5 Å². The van der Waals surface area contributed by atoms with E-state index in [1.165, 1.54) is 23.8 Å². The number of nitrogens with zero attached hydrogens (tertiary/aromatic N) is 1. The van der Waals surface area contributed by atoms with E-state index < -0.39 is 17.6 Å². The first-order valence-electron chi connectivity index (χ1n) is 9.85. The zero-order valence-electron chi connectivity index (χ0n) is 16.3. The van der Waals surface area contributed by atoms with Crippen LogP contribution >= 0.6 is 0 Å². The fraction of sp³-hybridized carbons (Fsp3) is 0.364. The van der Waals surface area contributed by atoms with E-state index in [-0.39, 0.29) is 11.8 Å². The average Bonchev–Trinajstić information content (AvgIpc) is 2.74. The molecular formula is C22H26FN3O3. The van der Waals surface area contributed by atoms with Crippen molar-refractivity contribution in [1.29, 1.82) is 0 Å². The number of ether oxygens (including phenoxy) is 1. The van der Waals surface area contributed by atoms with Crippen molar-refractivity contribution in [3.8, 4) is 0 Å². The summed E-state index contributed by atoms with van der Waals surface area (Å²) in [6, 6.07) is 15.6. The van der Waals surface area contributed by atoms with Crippen LogP contribution in [0.25, 0.3) is 0 Å². The Labute approximate surface area is 170 Å². The third-order valence-corrected chi connectivity index (χ3v) is 4.80. The van der Waals surface area contributed by atoms with Crippen LogP contribution in [-0.2, 0) is 14.3 Å². The molecule has 2 aromatic carbocycles. The van der Waals surface area contributed by atoms with E-state index in [4.69, 9.17) is 4.74 Å². The van der Waals surface area contributed by atoms with Crippen molar-refractivity contribution in [2.24, 2.45) is 0 Å². The minimum absolute atomic E-state index is 0.0937. The van der Waals surface area contributed by atoms with Crippen molar-refractivity contribution in [1.82, 2.24) is 10.2 Å². The summed E-state index contributed by atoms with van der Waals surface area (Å²) in [5.41, 5.74) is 1.44. The van der Waals surface area contributed by atoms with E-state index in [2.05, 4.69) is 27.7 Å². The third kappa shape index (κ3) is 6.66. The molecule has 0 saturated carbocycles. The highest BCUT2D eigenvalue weighted by Gasteiger charge is 2.21. The summed E-state index contributed by atoms with van der Waals surface area (Å²) in [5, 5.41) is 4.98. The molecule has 2 N–H and O–H groups in total. The largest absolute Gasteiger partial charge is 0.371 e. The van der Waals surface area contributed by atoms with E-state index in [1.807, 2.05) is 18.2 Å². The van der Waals surface area contributed by atoms with Crippen molar-refractivity contribution in [2.75, 3.05) is 38.1 Å². The second-order valence-corrected chi connectivity index (χ2v) is 7.00. The van der Waals surface area contributed by atoms with Gasteiger partial charge in [-0.1, -0.05) is 36.4 Å². The van der Waals surface area contributed by atoms with Gasteiger partial charge in [0.1, 0.15) is 5.82 Å². The Morgan fingerprint density at radius 1 is 1.07 bits per heavy atom. The van der Waals surface area contributed by atoms with Crippen LogP contribution in [0.2, 0.25) is 0 Å². The van der Waals surface area contributed by atoms with Crippen LogP contribution in [0.5, 0.6) is 0 Å². The molecule has 1 saturated heterocycles. The first kappa shape index (κ1) is 21.0. The maximum absolute atomic E-state index is 13.1. The number of anilines is 1. The van der Waals surface area contributed by atoms with Gasteiger partial charge in [-0.2, -0.15) is 0 Å². The van der Waals surface area contributed by atoms with Gasteiger partial charge in [0.15, 0.2) is 0 Å². The van der Waals surface area contributed by atoms with Gasteiger partial charge in [0.05, 0.1) is 12.7 Å². The molecular weight excluding hydrogens is 373 g/mol. The predicted octanol–water partition coefficient (Wildman–Crippen LogP) is 2.73. The van der Waals surface area contributed by atoms with E-state index in [0.29, 0.717) is 13.2 Å². The Morgan fingerprint density at radius 2 is 1.90 bits per heavy atom. The molecule has 0 spiro atoms. The van der Waals surface area contributed by atoms with Gasteiger partial charge in [-0.15, -0.1) is 0 Å². The Bertz CT molecular complexity index is 816. The highest BCUT2D eigenvalue weighted by atomic mass is 19.1. The van der Waals surface area contributed by atoms with E-state index in [0.717, 1.165) is 38.5 Å². The lowest BCUT2D eigenvalue weighted by Crippen LogP contribution is -2.39. The molecule has 0 bridgehead atoms. The fourth-order valence-electron chi connectivity index (χ4n) is 3.27. The summed E-state index contributed by atoms with van der Waals surface area (Å²) in [6.07, 6.45) is 1.77. The Balaban J connectivity index is 1.32. The first-order valence-corrected chi connectivity index (χ1v) is 9.85. The van der Waals surface area contributed by atoms with Gasteiger partial charge in [0.2, 0.25) is 0 Å². The van der Waals surface area contributed by atoms with Gasteiger partial charge < -0.3 is 15.4 Å². The molecule has 1 fully saturated rings. The van der Waals surface area contributed by atoms with Gasteiger partial charge in [-0.3, -0.25) is 14.5 Å². The topological polar surface area (TPSA) is 70.7 Å². The molecule has 1 atom stereocenters. The minimum atomic E-state index is -0.797. The zero-order valence-corrected chi connectivity index (χ0v) is 16.3. The summed E-state index contributed by atoms with van der Waals surface area (Å²) in [6.45, 7) is 3.79. The monoisotopic (exact) mass is 399 g/mol. The molecule has 0 aliphatic carbocycles. The van der Waals surface area contributed by atoms with E-state index in [9.17, 15) is 14.0 Å². The molecule has 1 unspecified atom stereocenters. The highest BCUT2D eigenvalue weighted by molar-refractivity contribution is 6.39. The molecule has 1 aliphatic rings. The molecule has 0 radical (unpaired) electrons. The lowest BCUT2D eigenvalue weighted by Gasteiger charge is -2.33. The molecule has 154 valence electrons. The fourth-order valence-corrected chi connectivity index (χ4v) is 3.27. The van der Waals surface area contributed by atoms with Crippen LogP contribution in [0.15, 0.2) is 54.6 Å². The second-order valence-electron chi connectivity index (χ2n) is 7.00. The lowest BCUT2D eigenvalue weighted by atomic mass is 10.1. The number of carbonyl (C=O) groups excluding carboxylic acids is 2. The van der Waals surface area contributed by atoms with Gasteiger partial charge in [-0.25, -0.2) is 4.39 Å². The van der Waals surface area contributed by atoms with Crippen LogP contribution in [0.3, 0.4) is 0 Å². The predicted molar refractivity (Wildman–Crippen MR) is 109 cm³/mol. The minimum Gasteiger partial charge on any atom is -0.371 e.